The fourth-order valence-corrected chi connectivity index (χ4v) is 2.42. The highest BCUT2D eigenvalue weighted by Gasteiger charge is 2.02. The van der Waals surface area contributed by atoms with Gasteiger partial charge in [-0.2, -0.15) is 0 Å². The second-order valence-corrected chi connectivity index (χ2v) is 5.78. The van der Waals surface area contributed by atoms with Crippen molar-refractivity contribution < 1.29 is 4.79 Å². The van der Waals surface area contributed by atoms with Crippen LogP contribution in [0.25, 0.3) is 0 Å². The lowest BCUT2D eigenvalue weighted by Gasteiger charge is -2.08. The maximum atomic E-state index is 11.7. The van der Waals surface area contributed by atoms with Crippen LogP contribution in [0.3, 0.4) is 0 Å². The molecule has 0 aliphatic heterocycles. The molecule has 0 saturated carbocycles. The number of benzene rings is 2. The molecule has 0 aliphatic rings. The van der Waals surface area contributed by atoms with Crippen molar-refractivity contribution in [1.29, 1.82) is 0 Å². The lowest BCUT2D eigenvalue weighted by molar-refractivity contribution is 0.251. The number of carbonyl (C=O) groups is 1. The molecule has 0 spiro atoms. The maximum absolute atomic E-state index is 11.7. The molecule has 0 heterocycles. The van der Waals surface area contributed by atoms with Crippen LogP contribution in [0.1, 0.15) is 5.56 Å². The van der Waals surface area contributed by atoms with Gasteiger partial charge in [-0.3, -0.25) is 0 Å². The van der Waals surface area contributed by atoms with Gasteiger partial charge in [0.15, 0.2) is 0 Å². The van der Waals surface area contributed by atoms with Crippen LogP contribution in [0.4, 0.5) is 10.5 Å². The third-order valence-electron chi connectivity index (χ3n) is 2.42. The molecule has 2 aromatic carbocycles. The smallest absolute Gasteiger partial charge is 0.319 e. The fourth-order valence-electron chi connectivity index (χ4n) is 1.57. The minimum Gasteiger partial charge on any atom is -0.334 e. The molecule has 3 nitrogen and oxygen atoms in total. The van der Waals surface area contributed by atoms with E-state index in [1.165, 1.54) is 0 Å². The largest absolute Gasteiger partial charge is 0.334 e. The summed E-state index contributed by atoms with van der Waals surface area (Å²) in [5.74, 6) is 0. The first-order chi connectivity index (χ1) is 9.13. The summed E-state index contributed by atoms with van der Waals surface area (Å²) in [4.78, 5) is 11.7. The van der Waals surface area contributed by atoms with Gasteiger partial charge in [0.2, 0.25) is 0 Å². The van der Waals surface area contributed by atoms with Crippen LogP contribution in [0.15, 0.2) is 57.5 Å². The van der Waals surface area contributed by atoms with E-state index in [9.17, 15) is 4.79 Å². The number of hydrogen-bond donors (Lipinski definition) is 2. The normalized spacial score (nSPS) is 10.0. The molecule has 0 fully saturated rings. The summed E-state index contributed by atoms with van der Waals surface area (Å²) in [6.07, 6.45) is 0. The van der Waals surface area contributed by atoms with Crippen molar-refractivity contribution >= 4 is 43.6 Å². The second kappa shape index (κ2) is 6.73. The lowest BCUT2D eigenvalue weighted by Crippen LogP contribution is -2.28. The zero-order valence-corrected chi connectivity index (χ0v) is 13.2. The van der Waals surface area contributed by atoms with E-state index < -0.39 is 0 Å². The average Bonchev–Trinajstić information content (AvgIpc) is 2.36. The van der Waals surface area contributed by atoms with Crippen molar-refractivity contribution in [2.75, 3.05) is 5.32 Å². The van der Waals surface area contributed by atoms with E-state index in [1.807, 2.05) is 48.5 Å². The van der Waals surface area contributed by atoms with E-state index in [4.69, 9.17) is 0 Å². The van der Waals surface area contributed by atoms with Crippen LogP contribution in [0.5, 0.6) is 0 Å². The fraction of sp³-hybridized carbons (Fsp3) is 0.0714. The second-order valence-electron chi connectivity index (χ2n) is 3.95. The van der Waals surface area contributed by atoms with E-state index in [0.717, 1.165) is 20.2 Å². The van der Waals surface area contributed by atoms with Crippen LogP contribution >= 0.6 is 31.9 Å². The van der Waals surface area contributed by atoms with Crippen LogP contribution in [0, 0.1) is 0 Å². The summed E-state index contributed by atoms with van der Waals surface area (Å²) in [6, 6.07) is 15.1. The summed E-state index contributed by atoms with van der Waals surface area (Å²) >= 11 is 6.76. The quantitative estimate of drug-likeness (QED) is 0.802. The standard InChI is InChI=1S/C14H12Br2N2O/c15-11-4-1-3-10(7-11)9-17-14(19)18-13-6-2-5-12(16)8-13/h1-8H,9H2,(H2,17,18,19). The highest BCUT2D eigenvalue weighted by Crippen LogP contribution is 2.15. The SMILES string of the molecule is O=C(NCc1cccc(Br)c1)Nc1cccc(Br)c1. The van der Waals surface area contributed by atoms with Crippen LogP contribution < -0.4 is 10.6 Å². The van der Waals surface area contributed by atoms with E-state index in [1.54, 1.807) is 0 Å². The van der Waals surface area contributed by atoms with Gasteiger partial charge in [-0.05, 0) is 35.9 Å². The van der Waals surface area contributed by atoms with Crippen LogP contribution in [0.2, 0.25) is 0 Å². The Hall–Kier alpha value is -1.33. The molecule has 5 heteroatoms. The molecular formula is C14H12Br2N2O. The van der Waals surface area contributed by atoms with Gasteiger partial charge in [0.25, 0.3) is 0 Å². The first-order valence-electron chi connectivity index (χ1n) is 5.68. The number of hydrogen-bond acceptors (Lipinski definition) is 1. The van der Waals surface area contributed by atoms with Gasteiger partial charge in [-0.25, -0.2) is 4.79 Å². The molecule has 0 saturated heterocycles. The summed E-state index contributed by atoms with van der Waals surface area (Å²) in [7, 11) is 0. The van der Waals surface area contributed by atoms with E-state index in [2.05, 4.69) is 42.5 Å². The molecule has 0 unspecified atom stereocenters. The molecule has 2 aromatic rings. The molecular weight excluding hydrogens is 372 g/mol. The number of amides is 2. The summed E-state index contributed by atoms with van der Waals surface area (Å²) in [5.41, 5.74) is 1.79. The Bertz CT molecular complexity index is 587. The Labute approximate surface area is 128 Å². The van der Waals surface area contributed by atoms with Crippen molar-refractivity contribution in [3.63, 3.8) is 0 Å². The average molecular weight is 384 g/mol. The van der Waals surface area contributed by atoms with E-state index in [0.29, 0.717) is 6.54 Å². The van der Waals surface area contributed by atoms with Gasteiger partial charge in [0.05, 0.1) is 0 Å². The van der Waals surface area contributed by atoms with Crippen molar-refractivity contribution in [2.45, 2.75) is 6.54 Å². The number of urea groups is 1. The van der Waals surface area contributed by atoms with Gasteiger partial charge >= 0.3 is 6.03 Å². The predicted molar refractivity (Wildman–Crippen MR) is 84.1 cm³/mol. The summed E-state index contributed by atoms with van der Waals surface area (Å²) in [6.45, 7) is 0.485. The highest BCUT2D eigenvalue weighted by molar-refractivity contribution is 9.10. The maximum Gasteiger partial charge on any atom is 0.319 e. The van der Waals surface area contributed by atoms with Gasteiger partial charge in [-0.1, -0.05) is 50.1 Å². The number of halogens is 2. The number of rotatable bonds is 3. The van der Waals surface area contributed by atoms with E-state index >= 15 is 0 Å². The molecule has 0 atom stereocenters. The number of anilines is 1. The molecule has 0 bridgehead atoms. The van der Waals surface area contributed by atoms with Crippen LogP contribution in [-0.4, -0.2) is 6.03 Å². The predicted octanol–water partition coefficient (Wildman–Crippen LogP) is 4.53. The Balaban J connectivity index is 1.88. The summed E-state index contributed by atoms with van der Waals surface area (Å²) in [5, 5.41) is 5.58. The van der Waals surface area contributed by atoms with Crippen molar-refractivity contribution in [2.24, 2.45) is 0 Å². The Morgan fingerprint density at radius 2 is 1.68 bits per heavy atom. The molecule has 98 valence electrons. The molecule has 0 radical (unpaired) electrons. The minimum atomic E-state index is -0.224. The van der Waals surface area contributed by atoms with Crippen LogP contribution in [-0.2, 0) is 6.54 Å². The minimum absolute atomic E-state index is 0.224. The third kappa shape index (κ3) is 4.69. The lowest BCUT2D eigenvalue weighted by atomic mass is 10.2. The topological polar surface area (TPSA) is 41.1 Å². The van der Waals surface area contributed by atoms with E-state index in [-0.39, 0.29) is 6.03 Å². The van der Waals surface area contributed by atoms with Crippen molar-refractivity contribution in [3.05, 3.63) is 63.0 Å². The first-order valence-corrected chi connectivity index (χ1v) is 7.27. The summed E-state index contributed by atoms with van der Waals surface area (Å²) < 4.78 is 1.93. The molecule has 2 N–H and O–H groups in total. The van der Waals surface area contributed by atoms with Crippen molar-refractivity contribution in [3.8, 4) is 0 Å². The monoisotopic (exact) mass is 382 g/mol. The van der Waals surface area contributed by atoms with Gasteiger partial charge < -0.3 is 10.6 Å². The molecule has 0 aliphatic carbocycles. The molecule has 0 aromatic heterocycles. The highest BCUT2D eigenvalue weighted by atomic mass is 79.9. The Morgan fingerprint density at radius 1 is 1.00 bits per heavy atom. The van der Waals surface area contributed by atoms with Gasteiger partial charge in [0, 0.05) is 21.2 Å². The Morgan fingerprint density at radius 3 is 2.37 bits per heavy atom. The van der Waals surface area contributed by atoms with Gasteiger partial charge in [0.1, 0.15) is 0 Å². The first kappa shape index (κ1) is 14.1. The number of carbonyl (C=O) groups excluding carboxylic acids is 1. The molecule has 2 amide bonds. The molecule has 2 rings (SSSR count). The van der Waals surface area contributed by atoms with Crippen molar-refractivity contribution in [1.82, 2.24) is 5.32 Å². The molecule has 19 heavy (non-hydrogen) atoms. The Kier molecular flexibility index (Phi) is 4.99. The zero-order chi connectivity index (χ0) is 13.7. The zero-order valence-electron chi connectivity index (χ0n) is 9.99. The number of nitrogens with one attached hydrogen (secondary N) is 2. The third-order valence-corrected chi connectivity index (χ3v) is 3.41. The van der Waals surface area contributed by atoms with Gasteiger partial charge in [-0.15, -0.1) is 0 Å².